The smallest absolute Gasteiger partial charge is 0.142 e. The third-order valence-corrected chi connectivity index (χ3v) is 3.72. The maximum atomic E-state index is 4.55. The molecule has 0 N–H and O–H groups in total. The van der Waals surface area contributed by atoms with Crippen LogP contribution >= 0.6 is 11.3 Å². The molecule has 1 aromatic heterocycles. The maximum absolute atomic E-state index is 4.55. The number of aryl methyl sites for hydroxylation is 3. The first kappa shape index (κ1) is 12.0. The van der Waals surface area contributed by atoms with Gasteiger partial charge in [0.2, 0.25) is 0 Å². The monoisotopic (exact) mass is 244 g/mol. The Balaban J connectivity index is 0.00000108. The van der Waals surface area contributed by atoms with Gasteiger partial charge in [-0.15, -0.1) is 11.3 Å². The van der Waals surface area contributed by atoms with E-state index in [1.165, 1.54) is 16.7 Å². The molecule has 88 valence electrons. The van der Waals surface area contributed by atoms with Crippen LogP contribution in [0.2, 0.25) is 0 Å². The van der Waals surface area contributed by atoms with Gasteiger partial charge in [0, 0.05) is 16.6 Å². The van der Waals surface area contributed by atoms with Gasteiger partial charge >= 0.3 is 0 Å². The molecule has 0 bridgehead atoms. The molecule has 0 fully saturated rings. The van der Waals surface area contributed by atoms with Crippen LogP contribution in [0.5, 0.6) is 0 Å². The summed E-state index contributed by atoms with van der Waals surface area (Å²) in [5, 5.41) is 3.11. The Kier molecular flexibility index (Phi) is 2.87. The van der Waals surface area contributed by atoms with E-state index in [1.54, 1.807) is 11.3 Å². The van der Waals surface area contributed by atoms with Gasteiger partial charge in [0.1, 0.15) is 10.7 Å². The van der Waals surface area contributed by atoms with Gasteiger partial charge in [-0.3, -0.25) is 0 Å². The summed E-state index contributed by atoms with van der Waals surface area (Å²) in [6.07, 6.45) is 0. The third kappa shape index (κ3) is 1.80. The number of fused-ring (bicyclic) bond motifs is 1. The van der Waals surface area contributed by atoms with Crippen molar-refractivity contribution < 1.29 is 0 Å². The van der Waals surface area contributed by atoms with Crippen molar-refractivity contribution in [1.29, 1.82) is 0 Å². The van der Waals surface area contributed by atoms with E-state index in [2.05, 4.69) is 41.3 Å². The molecule has 3 heteroatoms. The molecule has 2 nitrogen and oxygen atoms in total. The van der Waals surface area contributed by atoms with Crippen LogP contribution in [0.15, 0.2) is 22.5 Å². The van der Waals surface area contributed by atoms with Gasteiger partial charge in [-0.2, -0.15) is 0 Å². The molecule has 0 amide bonds. The summed E-state index contributed by atoms with van der Waals surface area (Å²) >= 11 is 1.67. The molecule has 3 rings (SSSR count). The van der Waals surface area contributed by atoms with Gasteiger partial charge in [-0.25, -0.2) is 9.98 Å². The Labute approximate surface area is 106 Å². The first-order valence-corrected chi connectivity index (χ1v) is 6.16. The van der Waals surface area contributed by atoms with E-state index < -0.39 is 0 Å². The Morgan fingerprint density at radius 3 is 2.47 bits per heavy atom. The number of rotatable bonds is 1. The fourth-order valence-electron chi connectivity index (χ4n) is 2.08. The first-order valence-electron chi connectivity index (χ1n) is 5.28. The molecule has 0 radical (unpaired) electrons. The van der Waals surface area contributed by atoms with Crippen LogP contribution in [0.25, 0.3) is 0 Å². The lowest BCUT2D eigenvalue weighted by Gasteiger charge is -2.20. The van der Waals surface area contributed by atoms with Crippen molar-refractivity contribution in [2.24, 2.45) is 4.99 Å². The lowest BCUT2D eigenvalue weighted by atomic mass is 9.95. The summed E-state index contributed by atoms with van der Waals surface area (Å²) in [4.78, 5) is 9.04. The minimum atomic E-state index is 0. The number of hydrogen-bond acceptors (Lipinski definition) is 3. The summed E-state index contributed by atoms with van der Waals surface area (Å²) in [6, 6.07) is 4.33. The molecule has 0 saturated carbocycles. The molecule has 0 saturated heterocycles. The molecule has 2 aromatic rings. The van der Waals surface area contributed by atoms with Gasteiger partial charge in [0.05, 0.1) is 5.69 Å². The number of aromatic nitrogens is 1. The molecule has 1 aromatic carbocycles. The maximum Gasteiger partial charge on any atom is 0.142 e. The van der Waals surface area contributed by atoms with Crippen LogP contribution in [-0.4, -0.2) is 10.7 Å². The Morgan fingerprint density at radius 2 is 1.88 bits per heavy atom. The average molecular weight is 244 g/mol. The lowest BCUT2D eigenvalue weighted by molar-refractivity contribution is 1.22. The second-order valence-corrected chi connectivity index (χ2v) is 5.09. The quantitative estimate of drug-likeness (QED) is 0.630. The van der Waals surface area contributed by atoms with Gasteiger partial charge in [-0.05, 0) is 38.0 Å². The van der Waals surface area contributed by atoms with Gasteiger partial charge < -0.3 is 0 Å². The van der Waals surface area contributed by atoms with Crippen LogP contribution in [-0.2, 0) is 0 Å². The van der Waals surface area contributed by atoms with Gasteiger partial charge in [0.25, 0.3) is 0 Å². The summed E-state index contributed by atoms with van der Waals surface area (Å²) in [5.41, 5.74) is 7.09. The molecule has 0 unspecified atom stereocenters. The third-order valence-electron chi connectivity index (χ3n) is 2.75. The van der Waals surface area contributed by atoms with Crippen LogP contribution in [0.4, 0.5) is 5.69 Å². The Hall–Kier alpha value is -1.48. The van der Waals surface area contributed by atoms with Crippen molar-refractivity contribution in [3.63, 3.8) is 0 Å². The molecule has 0 spiro atoms. The number of hydrogen-bond donors (Lipinski definition) is 0. The molecule has 0 aliphatic carbocycles. The highest BCUT2D eigenvalue weighted by molar-refractivity contribution is 7.12. The van der Waals surface area contributed by atoms with E-state index in [0.717, 1.165) is 22.1 Å². The second kappa shape index (κ2) is 4.08. The minimum Gasteiger partial charge on any atom is -0.244 e. The highest BCUT2D eigenvalue weighted by atomic mass is 32.1. The molecule has 0 atom stereocenters. The standard InChI is InChI=1S/C13H12N2S.CH4/c1-7-4-8(2)11-10(5-7)15-12(11)13-14-9(3)6-16-13;/h4-6H,1-3H3;1H4. The molecular formula is C14H16N2S. The lowest BCUT2D eigenvalue weighted by Crippen LogP contribution is -2.13. The first-order chi connectivity index (χ1) is 7.65. The average Bonchev–Trinajstić information content (AvgIpc) is 2.56. The van der Waals surface area contributed by atoms with Crippen LogP contribution in [0.3, 0.4) is 0 Å². The highest BCUT2D eigenvalue weighted by Gasteiger charge is 2.24. The SMILES string of the molecule is C.Cc1cc(C)c2c(c1)N=C2c1nc(C)cs1. The number of nitrogens with zero attached hydrogens (tertiary/aromatic N) is 2. The fraction of sp³-hybridized carbons (Fsp3) is 0.286. The summed E-state index contributed by atoms with van der Waals surface area (Å²) < 4.78 is 0. The van der Waals surface area contributed by atoms with Crippen molar-refractivity contribution in [3.05, 3.63) is 44.9 Å². The normalized spacial score (nSPS) is 12.3. The van der Waals surface area contributed by atoms with Crippen molar-refractivity contribution in [3.8, 4) is 0 Å². The molecule has 1 aliphatic rings. The summed E-state index contributed by atoms with van der Waals surface area (Å²) in [7, 11) is 0. The number of benzene rings is 1. The minimum absolute atomic E-state index is 0. The zero-order valence-corrected chi connectivity index (χ0v) is 10.4. The fourth-order valence-corrected chi connectivity index (χ4v) is 2.87. The topological polar surface area (TPSA) is 25.2 Å². The molecule has 2 heterocycles. The van der Waals surface area contributed by atoms with Crippen molar-refractivity contribution >= 4 is 22.7 Å². The van der Waals surface area contributed by atoms with E-state index in [-0.39, 0.29) is 7.43 Å². The molecule has 1 aliphatic heterocycles. The summed E-state index contributed by atoms with van der Waals surface area (Å²) in [5.74, 6) is 0. The van der Waals surface area contributed by atoms with Crippen LogP contribution in [0.1, 0.15) is 34.8 Å². The zero-order valence-electron chi connectivity index (χ0n) is 9.53. The second-order valence-electron chi connectivity index (χ2n) is 4.23. The van der Waals surface area contributed by atoms with Gasteiger partial charge in [-0.1, -0.05) is 13.5 Å². The molecular weight excluding hydrogens is 228 g/mol. The van der Waals surface area contributed by atoms with E-state index in [4.69, 9.17) is 0 Å². The van der Waals surface area contributed by atoms with Crippen molar-refractivity contribution in [1.82, 2.24) is 4.98 Å². The zero-order chi connectivity index (χ0) is 11.3. The van der Waals surface area contributed by atoms with Gasteiger partial charge in [0.15, 0.2) is 0 Å². The van der Waals surface area contributed by atoms with Crippen molar-refractivity contribution in [2.75, 3.05) is 0 Å². The van der Waals surface area contributed by atoms with Crippen molar-refractivity contribution in [2.45, 2.75) is 28.2 Å². The van der Waals surface area contributed by atoms with E-state index >= 15 is 0 Å². The Morgan fingerprint density at radius 1 is 1.12 bits per heavy atom. The van der Waals surface area contributed by atoms with E-state index in [9.17, 15) is 0 Å². The summed E-state index contributed by atoms with van der Waals surface area (Å²) in [6.45, 7) is 6.26. The Bertz CT molecular complexity index is 609. The highest BCUT2D eigenvalue weighted by Crippen LogP contribution is 2.36. The van der Waals surface area contributed by atoms with Crippen LogP contribution in [0, 0.1) is 20.8 Å². The van der Waals surface area contributed by atoms with Crippen LogP contribution < -0.4 is 0 Å². The number of thiazole rings is 1. The number of aliphatic imine (C=N–C) groups is 1. The largest absolute Gasteiger partial charge is 0.244 e. The van der Waals surface area contributed by atoms with E-state index in [0.29, 0.717) is 0 Å². The molecule has 17 heavy (non-hydrogen) atoms. The predicted molar refractivity (Wildman–Crippen MR) is 74.8 cm³/mol. The predicted octanol–water partition coefficient (Wildman–Crippen LogP) is 4.19. The van der Waals surface area contributed by atoms with E-state index in [1.807, 2.05) is 6.92 Å².